The van der Waals surface area contributed by atoms with Gasteiger partial charge in [-0.05, 0) is 30.7 Å². The Bertz CT molecular complexity index is 825. The summed E-state index contributed by atoms with van der Waals surface area (Å²) in [6, 6.07) is 16.8. The van der Waals surface area contributed by atoms with Crippen molar-refractivity contribution in [2.45, 2.75) is 19.4 Å². The summed E-state index contributed by atoms with van der Waals surface area (Å²) < 4.78 is 0. The lowest BCUT2D eigenvalue weighted by Gasteiger charge is -2.06. The number of aromatic amines is 1. The second-order valence-electron chi connectivity index (χ2n) is 5.70. The normalized spacial score (nSPS) is 10.6. The Morgan fingerprint density at radius 3 is 2.52 bits per heavy atom. The summed E-state index contributed by atoms with van der Waals surface area (Å²) in [5, 5.41) is 5.64. The van der Waals surface area contributed by atoms with Crippen molar-refractivity contribution in [1.82, 2.24) is 20.6 Å². The standard InChI is InChI=1S/C19H20N4O2/c24-18(11-6-12-20-19(25)14-7-2-1-3-8-14)21-13-17-22-15-9-4-5-10-16(15)23-17/h1-5,7-10H,6,11-13H2,(H,20,25)(H,21,24)(H,22,23). The first-order valence-corrected chi connectivity index (χ1v) is 8.26. The number of imidazole rings is 1. The maximum Gasteiger partial charge on any atom is 0.251 e. The fourth-order valence-corrected chi connectivity index (χ4v) is 2.50. The van der Waals surface area contributed by atoms with E-state index in [4.69, 9.17) is 0 Å². The van der Waals surface area contributed by atoms with Crippen molar-refractivity contribution in [2.75, 3.05) is 6.54 Å². The van der Waals surface area contributed by atoms with Gasteiger partial charge in [0.1, 0.15) is 5.82 Å². The van der Waals surface area contributed by atoms with Crippen LogP contribution in [0.4, 0.5) is 0 Å². The van der Waals surface area contributed by atoms with Crippen molar-refractivity contribution in [1.29, 1.82) is 0 Å². The molecule has 0 saturated carbocycles. The summed E-state index contributed by atoms with van der Waals surface area (Å²) in [5.41, 5.74) is 2.46. The van der Waals surface area contributed by atoms with E-state index < -0.39 is 0 Å². The monoisotopic (exact) mass is 336 g/mol. The minimum absolute atomic E-state index is 0.0607. The Labute approximate surface area is 145 Å². The molecule has 0 spiro atoms. The number of H-pyrrole nitrogens is 1. The van der Waals surface area contributed by atoms with Crippen LogP contribution >= 0.6 is 0 Å². The minimum atomic E-state index is -0.122. The van der Waals surface area contributed by atoms with Crippen LogP contribution in [0.3, 0.4) is 0 Å². The quantitative estimate of drug-likeness (QED) is 0.579. The van der Waals surface area contributed by atoms with Crippen LogP contribution in [0.2, 0.25) is 0 Å². The second kappa shape index (κ2) is 8.10. The van der Waals surface area contributed by atoms with Gasteiger partial charge in [0.05, 0.1) is 17.6 Å². The van der Waals surface area contributed by atoms with E-state index in [0.717, 1.165) is 16.9 Å². The molecule has 6 heteroatoms. The Morgan fingerprint density at radius 1 is 0.960 bits per heavy atom. The van der Waals surface area contributed by atoms with Crippen molar-refractivity contribution in [3.05, 3.63) is 66.0 Å². The van der Waals surface area contributed by atoms with Crippen LogP contribution in [0, 0.1) is 0 Å². The average molecular weight is 336 g/mol. The highest BCUT2D eigenvalue weighted by molar-refractivity contribution is 5.94. The van der Waals surface area contributed by atoms with Gasteiger partial charge in [0.25, 0.3) is 5.91 Å². The lowest BCUT2D eigenvalue weighted by atomic mass is 10.2. The molecular formula is C19H20N4O2. The molecule has 0 saturated heterocycles. The summed E-state index contributed by atoms with van der Waals surface area (Å²) in [7, 11) is 0. The molecule has 0 fully saturated rings. The van der Waals surface area contributed by atoms with Crippen LogP contribution < -0.4 is 10.6 Å². The molecule has 0 aliphatic rings. The van der Waals surface area contributed by atoms with Crippen LogP contribution in [0.25, 0.3) is 11.0 Å². The number of carbonyl (C=O) groups excluding carboxylic acids is 2. The molecule has 25 heavy (non-hydrogen) atoms. The summed E-state index contributed by atoms with van der Waals surface area (Å²) in [6.07, 6.45) is 0.944. The molecule has 1 heterocycles. The Hall–Kier alpha value is -3.15. The molecule has 2 amide bonds. The number of fused-ring (bicyclic) bond motifs is 1. The third-order valence-electron chi connectivity index (χ3n) is 3.79. The van der Waals surface area contributed by atoms with Crippen molar-refractivity contribution >= 4 is 22.8 Å². The first-order valence-electron chi connectivity index (χ1n) is 8.26. The third-order valence-corrected chi connectivity index (χ3v) is 3.79. The van der Waals surface area contributed by atoms with Gasteiger partial charge in [-0.2, -0.15) is 0 Å². The molecule has 0 unspecified atom stereocenters. The Kier molecular flexibility index (Phi) is 5.41. The number of para-hydroxylation sites is 2. The maximum absolute atomic E-state index is 11.9. The van der Waals surface area contributed by atoms with E-state index in [1.807, 2.05) is 42.5 Å². The largest absolute Gasteiger partial charge is 0.352 e. The molecule has 0 aliphatic carbocycles. The topological polar surface area (TPSA) is 86.9 Å². The van der Waals surface area contributed by atoms with Crippen LogP contribution in [-0.4, -0.2) is 28.3 Å². The van der Waals surface area contributed by atoms with Crippen LogP contribution in [-0.2, 0) is 11.3 Å². The highest BCUT2D eigenvalue weighted by atomic mass is 16.2. The van der Waals surface area contributed by atoms with Gasteiger partial charge >= 0.3 is 0 Å². The van der Waals surface area contributed by atoms with E-state index in [-0.39, 0.29) is 11.8 Å². The van der Waals surface area contributed by atoms with Gasteiger partial charge in [0.15, 0.2) is 0 Å². The Balaban J connectivity index is 1.36. The zero-order valence-corrected chi connectivity index (χ0v) is 13.8. The van der Waals surface area contributed by atoms with Crippen LogP contribution in [0.15, 0.2) is 54.6 Å². The lowest BCUT2D eigenvalue weighted by Crippen LogP contribution is -2.27. The number of aromatic nitrogens is 2. The number of carbonyl (C=O) groups is 2. The van der Waals surface area contributed by atoms with Crippen molar-refractivity contribution in [3.8, 4) is 0 Å². The van der Waals surface area contributed by atoms with Gasteiger partial charge < -0.3 is 15.6 Å². The number of hydrogen-bond acceptors (Lipinski definition) is 3. The molecule has 128 valence electrons. The van der Waals surface area contributed by atoms with Gasteiger partial charge in [0, 0.05) is 18.5 Å². The molecule has 3 N–H and O–H groups in total. The van der Waals surface area contributed by atoms with Gasteiger partial charge in [-0.25, -0.2) is 4.98 Å². The SMILES string of the molecule is O=C(CCCNC(=O)c1ccccc1)NCc1nc2ccccc2[nH]1. The Morgan fingerprint density at radius 2 is 1.72 bits per heavy atom. The summed E-state index contributed by atoms with van der Waals surface area (Å²) in [4.78, 5) is 31.3. The number of nitrogens with one attached hydrogen (secondary N) is 3. The summed E-state index contributed by atoms with van der Waals surface area (Å²) in [6.45, 7) is 0.829. The van der Waals surface area contributed by atoms with E-state index in [1.54, 1.807) is 12.1 Å². The van der Waals surface area contributed by atoms with Crippen molar-refractivity contribution < 1.29 is 9.59 Å². The highest BCUT2D eigenvalue weighted by Crippen LogP contribution is 2.09. The van der Waals surface area contributed by atoms with E-state index in [2.05, 4.69) is 20.6 Å². The van der Waals surface area contributed by atoms with Crippen molar-refractivity contribution in [2.24, 2.45) is 0 Å². The fourth-order valence-electron chi connectivity index (χ4n) is 2.50. The molecule has 0 aliphatic heterocycles. The van der Waals surface area contributed by atoms with Gasteiger partial charge in [-0.15, -0.1) is 0 Å². The van der Waals surface area contributed by atoms with Crippen molar-refractivity contribution in [3.63, 3.8) is 0 Å². The highest BCUT2D eigenvalue weighted by Gasteiger charge is 2.06. The van der Waals surface area contributed by atoms with Gasteiger partial charge in [-0.1, -0.05) is 30.3 Å². The molecule has 0 atom stereocenters. The van der Waals surface area contributed by atoms with E-state index in [1.165, 1.54) is 0 Å². The smallest absolute Gasteiger partial charge is 0.251 e. The van der Waals surface area contributed by atoms with Crippen LogP contribution in [0.5, 0.6) is 0 Å². The molecule has 3 rings (SSSR count). The second-order valence-corrected chi connectivity index (χ2v) is 5.70. The average Bonchev–Trinajstić information content (AvgIpc) is 3.07. The fraction of sp³-hybridized carbons (Fsp3) is 0.211. The zero-order valence-electron chi connectivity index (χ0n) is 13.8. The van der Waals surface area contributed by atoms with E-state index in [0.29, 0.717) is 31.5 Å². The van der Waals surface area contributed by atoms with Gasteiger partial charge in [-0.3, -0.25) is 9.59 Å². The number of hydrogen-bond donors (Lipinski definition) is 3. The first kappa shape index (κ1) is 16.7. The third kappa shape index (κ3) is 4.67. The molecule has 1 aromatic heterocycles. The summed E-state index contributed by atoms with van der Waals surface area (Å²) in [5.74, 6) is 0.546. The number of amides is 2. The molecule has 0 bridgehead atoms. The predicted molar refractivity (Wildman–Crippen MR) is 95.9 cm³/mol. The van der Waals surface area contributed by atoms with Gasteiger partial charge in [0.2, 0.25) is 5.91 Å². The number of rotatable bonds is 7. The van der Waals surface area contributed by atoms with E-state index >= 15 is 0 Å². The van der Waals surface area contributed by atoms with E-state index in [9.17, 15) is 9.59 Å². The maximum atomic E-state index is 11.9. The molecular weight excluding hydrogens is 316 g/mol. The lowest BCUT2D eigenvalue weighted by molar-refractivity contribution is -0.121. The number of nitrogens with zero attached hydrogens (tertiary/aromatic N) is 1. The molecule has 6 nitrogen and oxygen atoms in total. The zero-order chi connectivity index (χ0) is 17.5. The molecule has 2 aromatic carbocycles. The number of benzene rings is 2. The van der Waals surface area contributed by atoms with Crippen LogP contribution in [0.1, 0.15) is 29.0 Å². The molecule has 0 radical (unpaired) electrons. The first-order chi connectivity index (χ1) is 12.2. The molecule has 3 aromatic rings. The predicted octanol–water partition coefficient (Wildman–Crippen LogP) is 2.39. The minimum Gasteiger partial charge on any atom is -0.352 e. The summed E-state index contributed by atoms with van der Waals surface area (Å²) >= 11 is 0.